The van der Waals surface area contributed by atoms with E-state index in [-0.39, 0.29) is 5.71 Å². The maximum atomic E-state index is 8.57. The maximum Gasteiger partial charge on any atom is 0.237 e. The topological polar surface area (TPSA) is 96.0 Å². The second-order valence-corrected chi connectivity index (χ2v) is 3.77. The van der Waals surface area contributed by atoms with Crippen molar-refractivity contribution in [1.29, 1.82) is 10.5 Å². The number of hydrazone groups is 1. The van der Waals surface area contributed by atoms with Gasteiger partial charge in [-0.05, 0) is 17.7 Å². The lowest BCUT2D eigenvalue weighted by atomic mass is 10.1. The summed E-state index contributed by atoms with van der Waals surface area (Å²) in [5.74, 6) is 0. The molecule has 0 fully saturated rings. The summed E-state index contributed by atoms with van der Waals surface area (Å²) in [6.07, 6.45) is 0. The molecule has 0 saturated carbocycles. The molecule has 0 aromatic heterocycles. The van der Waals surface area contributed by atoms with Gasteiger partial charge in [-0.15, -0.1) is 0 Å². The lowest BCUT2D eigenvalue weighted by molar-refractivity contribution is 0.725. The molecule has 6 nitrogen and oxygen atoms in total. The van der Waals surface area contributed by atoms with E-state index >= 15 is 0 Å². The van der Waals surface area contributed by atoms with Crippen LogP contribution in [0.15, 0.2) is 23.3 Å². The first-order chi connectivity index (χ1) is 8.83. The van der Waals surface area contributed by atoms with Crippen molar-refractivity contribution in [3.8, 4) is 12.1 Å². The summed E-state index contributed by atoms with van der Waals surface area (Å²) in [6, 6.07) is 9.15. The molecule has 1 aliphatic heterocycles. The van der Waals surface area contributed by atoms with Crippen molar-refractivity contribution < 1.29 is 0 Å². The van der Waals surface area contributed by atoms with Gasteiger partial charge in [0.2, 0.25) is 5.71 Å². The first kappa shape index (κ1) is 11.9. The summed E-state index contributed by atoms with van der Waals surface area (Å²) in [5.41, 5.74) is 5.47. The van der Waals surface area contributed by atoms with Crippen molar-refractivity contribution in [3.63, 3.8) is 0 Å². The van der Waals surface area contributed by atoms with Crippen molar-refractivity contribution in [2.45, 2.75) is 6.54 Å². The predicted octanol–water partition coefficient (Wildman–Crippen LogP) is 1.02. The van der Waals surface area contributed by atoms with Crippen LogP contribution in [0.5, 0.6) is 0 Å². The molecule has 1 aromatic rings. The van der Waals surface area contributed by atoms with Gasteiger partial charge < -0.3 is 10.6 Å². The molecule has 3 N–H and O–H groups in total. The minimum absolute atomic E-state index is 0.195. The Morgan fingerprint density at radius 2 is 2.11 bits per heavy atom. The molecular formula is C12H12N6. The van der Waals surface area contributed by atoms with Crippen LogP contribution in [-0.2, 0) is 6.54 Å². The van der Waals surface area contributed by atoms with Gasteiger partial charge in [0.25, 0.3) is 0 Å². The molecule has 0 radical (unpaired) electrons. The van der Waals surface area contributed by atoms with Crippen LogP contribution in [0.1, 0.15) is 5.56 Å². The van der Waals surface area contributed by atoms with E-state index < -0.39 is 0 Å². The molecular weight excluding hydrogens is 228 g/mol. The fourth-order valence-electron chi connectivity index (χ4n) is 1.67. The van der Waals surface area contributed by atoms with Crippen LogP contribution in [-0.4, -0.2) is 18.8 Å². The van der Waals surface area contributed by atoms with Crippen molar-refractivity contribution >= 4 is 17.1 Å². The fraction of sp³-hybridized carbons (Fsp3) is 0.250. The Balaban J connectivity index is 2.17. The molecule has 18 heavy (non-hydrogen) atoms. The number of hydrogen-bond donors (Lipinski definition) is 3. The van der Waals surface area contributed by atoms with Crippen LogP contribution in [0.3, 0.4) is 0 Å². The maximum absolute atomic E-state index is 8.57. The number of anilines is 2. The second kappa shape index (κ2) is 5.67. The average Bonchev–Trinajstić information content (AvgIpc) is 2.64. The Hall–Kier alpha value is -2.57. The number of nitriles is 2. The van der Waals surface area contributed by atoms with Crippen LogP contribution in [0.4, 0.5) is 11.4 Å². The number of rotatable bonds is 2. The van der Waals surface area contributed by atoms with Crippen LogP contribution in [0.25, 0.3) is 0 Å². The first-order valence-corrected chi connectivity index (χ1v) is 5.55. The molecule has 1 heterocycles. The molecule has 0 unspecified atom stereocenters. The summed E-state index contributed by atoms with van der Waals surface area (Å²) in [5, 5.41) is 27.4. The van der Waals surface area contributed by atoms with Gasteiger partial charge in [-0.1, -0.05) is 6.07 Å². The minimum Gasteiger partial charge on any atom is -0.383 e. The largest absolute Gasteiger partial charge is 0.383 e. The number of hydrogen-bond acceptors (Lipinski definition) is 6. The van der Waals surface area contributed by atoms with E-state index in [9.17, 15) is 0 Å². The molecule has 0 aliphatic carbocycles. The molecule has 1 aromatic carbocycles. The SMILES string of the molecule is N#CC(C#N)=NNc1ccc2c(c1)NCCNC2. The van der Waals surface area contributed by atoms with E-state index in [0.717, 1.165) is 31.0 Å². The Morgan fingerprint density at radius 3 is 2.89 bits per heavy atom. The lowest BCUT2D eigenvalue weighted by Gasteiger charge is -2.09. The van der Waals surface area contributed by atoms with E-state index in [0.29, 0.717) is 0 Å². The standard InChI is InChI=1S/C12H12N6/c13-6-11(7-14)18-17-10-2-1-9-8-15-3-4-16-12(9)5-10/h1-2,5,15-17H,3-4,8H2. The van der Waals surface area contributed by atoms with Gasteiger partial charge in [-0.2, -0.15) is 15.6 Å². The highest BCUT2D eigenvalue weighted by atomic mass is 15.3. The number of nitrogens with one attached hydrogen (secondary N) is 3. The van der Waals surface area contributed by atoms with E-state index in [4.69, 9.17) is 10.5 Å². The van der Waals surface area contributed by atoms with Gasteiger partial charge in [0, 0.05) is 25.3 Å². The fourth-order valence-corrected chi connectivity index (χ4v) is 1.67. The Bertz CT molecular complexity index is 533. The summed E-state index contributed by atoms with van der Waals surface area (Å²) >= 11 is 0. The smallest absolute Gasteiger partial charge is 0.237 e. The van der Waals surface area contributed by atoms with Crippen LogP contribution >= 0.6 is 0 Å². The molecule has 6 heteroatoms. The zero-order valence-electron chi connectivity index (χ0n) is 9.70. The summed E-state index contributed by atoms with van der Waals surface area (Å²) in [4.78, 5) is 0. The Labute approximate surface area is 105 Å². The first-order valence-electron chi connectivity index (χ1n) is 5.55. The molecule has 2 rings (SSSR count). The van der Waals surface area contributed by atoms with E-state index in [1.165, 1.54) is 5.56 Å². The molecule has 90 valence electrons. The zero-order chi connectivity index (χ0) is 12.8. The second-order valence-electron chi connectivity index (χ2n) is 3.77. The Kier molecular flexibility index (Phi) is 3.75. The van der Waals surface area contributed by atoms with Gasteiger partial charge in [0.15, 0.2) is 0 Å². The molecule has 0 saturated heterocycles. The highest BCUT2D eigenvalue weighted by Crippen LogP contribution is 2.22. The molecule has 0 bridgehead atoms. The summed E-state index contributed by atoms with van der Waals surface area (Å²) < 4.78 is 0. The molecule has 0 amide bonds. The molecule has 0 spiro atoms. The monoisotopic (exact) mass is 240 g/mol. The third-order valence-electron chi connectivity index (χ3n) is 2.55. The van der Waals surface area contributed by atoms with Crippen LogP contribution in [0, 0.1) is 22.7 Å². The summed E-state index contributed by atoms with van der Waals surface area (Å²) in [6.45, 7) is 2.61. The van der Waals surface area contributed by atoms with Gasteiger partial charge in [0.1, 0.15) is 12.1 Å². The average molecular weight is 240 g/mol. The van der Waals surface area contributed by atoms with Crippen molar-refractivity contribution in [1.82, 2.24) is 5.32 Å². The highest BCUT2D eigenvalue weighted by Gasteiger charge is 2.06. The normalized spacial score (nSPS) is 13.0. The van der Waals surface area contributed by atoms with Crippen molar-refractivity contribution in [2.24, 2.45) is 5.10 Å². The number of fused-ring (bicyclic) bond motifs is 1. The van der Waals surface area contributed by atoms with E-state index in [1.54, 1.807) is 12.1 Å². The van der Waals surface area contributed by atoms with Crippen molar-refractivity contribution in [2.75, 3.05) is 23.8 Å². The van der Waals surface area contributed by atoms with E-state index in [1.807, 2.05) is 18.2 Å². The zero-order valence-corrected chi connectivity index (χ0v) is 9.70. The van der Waals surface area contributed by atoms with Crippen molar-refractivity contribution in [3.05, 3.63) is 23.8 Å². The van der Waals surface area contributed by atoms with Gasteiger partial charge in [-0.25, -0.2) is 0 Å². The van der Waals surface area contributed by atoms with Gasteiger partial charge in [-0.3, -0.25) is 5.43 Å². The molecule has 0 atom stereocenters. The van der Waals surface area contributed by atoms with Gasteiger partial charge in [0.05, 0.1) is 5.69 Å². The third-order valence-corrected chi connectivity index (χ3v) is 2.55. The number of nitrogens with zero attached hydrogens (tertiary/aromatic N) is 3. The Morgan fingerprint density at radius 1 is 1.28 bits per heavy atom. The van der Waals surface area contributed by atoms with E-state index in [2.05, 4.69) is 21.2 Å². The summed E-state index contributed by atoms with van der Waals surface area (Å²) in [7, 11) is 0. The van der Waals surface area contributed by atoms with Gasteiger partial charge >= 0.3 is 0 Å². The molecule has 1 aliphatic rings. The number of benzene rings is 1. The quantitative estimate of drug-likeness (QED) is 0.529. The lowest BCUT2D eigenvalue weighted by Crippen LogP contribution is -2.16. The predicted molar refractivity (Wildman–Crippen MR) is 68.9 cm³/mol. The third kappa shape index (κ3) is 2.76. The van der Waals surface area contributed by atoms with Crippen LogP contribution in [0.2, 0.25) is 0 Å². The highest BCUT2D eigenvalue weighted by molar-refractivity contribution is 6.10. The van der Waals surface area contributed by atoms with Crippen LogP contribution < -0.4 is 16.1 Å². The minimum atomic E-state index is -0.195.